The van der Waals surface area contributed by atoms with Crippen LogP contribution in [0.4, 0.5) is 0 Å². The maximum Gasteiger partial charge on any atom is 0.234 e. The van der Waals surface area contributed by atoms with Gasteiger partial charge in [0.15, 0.2) is 11.5 Å². The highest BCUT2D eigenvalue weighted by molar-refractivity contribution is 6.35. The average Bonchev–Trinajstić information content (AvgIpc) is 3.15. The summed E-state index contributed by atoms with van der Waals surface area (Å²) in [5.41, 5.74) is 2.01. The van der Waals surface area contributed by atoms with Gasteiger partial charge in [0.05, 0.1) is 6.54 Å². The van der Waals surface area contributed by atoms with E-state index in [9.17, 15) is 4.79 Å². The minimum atomic E-state index is -0.0181. The standard InChI is InChI=1S/C21H22Cl2N2O3/c22-16-5-3-15(17(23)11-16)12-24-21(26)13-25-7-1-2-18(25)14-4-6-19-20(10-14)28-9-8-27-19/h3-6,10-11,18H,1-2,7-9,12-13H2,(H,24,26)/t18-/m1/s1. The van der Waals surface area contributed by atoms with Gasteiger partial charge in [-0.25, -0.2) is 0 Å². The summed E-state index contributed by atoms with van der Waals surface area (Å²) >= 11 is 12.1. The first kappa shape index (κ1) is 19.4. The number of fused-ring (bicyclic) bond motifs is 1. The van der Waals surface area contributed by atoms with Crippen molar-refractivity contribution in [2.45, 2.75) is 25.4 Å². The van der Waals surface area contributed by atoms with Crippen molar-refractivity contribution in [2.75, 3.05) is 26.3 Å². The number of benzene rings is 2. The van der Waals surface area contributed by atoms with Crippen molar-refractivity contribution in [3.63, 3.8) is 0 Å². The molecule has 28 heavy (non-hydrogen) atoms. The second-order valence-corrected chi connectivity index (χ2v) is 7.89. The molecule has 0 spiro atoms. The molecule has 0 radical (unpaired) electrons. The normalized spacial score (nSPS) is 18.9. The number of hydrogen-bond acceptors (Lipinski definition) is 4. The van der Waals surface area contributed by atoms with Crippen LogP contribution in [0.15, 0.2) is 36.4 Å². The summed E-state index contributed by atoms with van der Waals surface area (Å²) in [5, 5.41) is 4.10. The number of rotatable bonds is 5. The summed E-state index contributed by atoms with van der Waals surface area (Å²) in [6.07, 6.45) is 2.09. The fraction of sp³-hybridized carbons (Fsp3) is 0.381. The lowest BCUT2D eigenvalue weighted by Crippen LogP contribution is -2.36. The van der Waals surface area contributed by atoms with Gasteiger partial charge in [0, 0.05) is 22.6 Å². The third-order valence-corrected chi connectivity index (χ3v) is 5.74. The molecule has 5 nitrogen and oxygen atoms in total. The fourth-order valence-electron chi connectivity index (χ4n) is 3.76. The first-order valence-electron chi connectivity index (χ1n) is 9.44. The van der Waals surface area contributed by atoms with Crippen LogP contribution in [0, 0.1) is 0 Å². The molecule has 2 aliphatic rings. The Morgan fingerprint density at radius 3 is 2.75 bits per heavy atom. The number of ether oxygens (including phenoxy) is 2. The Morgan fingerprint density at radius 2 is 1.93 bits per heavy atom. The molecule has 0 unspecified atom stereocenters. The Balaban J connectivity index is 1.37. The lowest BCUT2D eigenvalue weighted by Gasteiger charge is -2.26. The highest BCUT2D eigenvalue weighted by Gasteiger charge is 2.28. The van der Waals surface area contributed by atoms with Gasteiger partial charge in [-0.1, -0.05) is 35.3 Å². The molecule has 0 saturated carbocycles. The predicted molar refractivity (Wildman–Crippen MR) is 109 cm³/mol. The van der Waals surface area contributed by atoms with Gasteiger partial charge >= 0.3 is 0 Å². The van der Waals surface area contributed by atoms with Gasteiger partial charge in [-0.05, 0) is 54.8 Å². The number of carbonyl (C=O) groups excluding carboxylic acids is 1. The van der Waals surface area contributed by atoms with Gasteiger partial charge in [0.2, 0.25) is 5.91 Å². The van der Waals surface area contributed by atoms with E-state index >= 15 is 0 Å². The van der Waals surface area contributed by atoms with Gasteiger partial charge in [0.25, 0.3) is 0 Å². The molecule has 1 fully saturated rings. The van der Waals surface area contributed by atoms with Gasteiger partial charge < -0.3 is 14.8 Å². The summed E-state index contributed by atoms with van der Waals surface area (Å²) in [5.74, 6) is 1.56. The number of nitrogens with zero attached hydrogens (tertiary/aromatic N) is 1. The number of carbonyl (C=O) groups is 1. The van der Waals surface area contributed by atoms with Crippen LogP contribution in [-0.2, 0) is 11.3 Å². The highest BCUT2D eigenvalue weighted by atomic mass is 35.5. The Morgan fingerprint density at radius 1 is 1.11 bits per heavy atom. The van der Waals surface area contributed by atoms with E-state index in [2.05, 4.69) is 16.3 Å². The van der Waals surface area contributed by atoms with E-state index in [1.54, 1.807) is 12.1 Å². The first-order valence-corrected chi connectivity index (χ1v) is 10.2. The van der Waals surface area contributed by atoms with Crippen molar-refractivity contribution in [1.82, 2.24) is 10.2 Å². The monoisotopic (exact) mass is 420 g/mol. The quantitative estimate of drug-likeness (QED) is 0.786. The van der Waals surface area contributed by atoms with Crippen LogP contribution in [0.1, 0.15) is 30.0 Å². The minimum Gasteiger partial charge on any atom is -0.486 e. The van der Waals surface area contributed by atoms with E-state index in [0.29, 0.717) is 36.3 Å². The van der Waals surface area contributed by atoms with Crippen molar-refractivity contribution in [3.05, 3.63) is 57.6 Å². The molecule has 2 heterocycles. The maximum atomic E-state index is 12.5. The minimum absolute atomic E-state index is 0.0181. The third-order valence-electron chi connectivity index (χ3n) is 5.15. The SMILES string of the molecule is O=C(CN1CCC[C@@H]1c1ccc2c(c1)OCCO2)NCc1ccc(Cl)cc1Cl. The lowest BCUT2D eigenvalue weighted by atomic mass is 10.0. The van der Waals surface area contributed by atoms with Gasteiger partial charge in [0.1, 0.15) is 13.2 Å². The molecule has 0 aromatic heterocycles. The average molecular weight is 421 g/mol. The summed E-state index contributed by atoms with van der Waals surface area (Å²) in [6.45, 7) is 2.79. The van der Waals surface area contributed by atoms with Crippen LogP contribution >= 0.6 is 23.2 Å². The molecular formula is C21H22Cl2N2O3. The Bertz CT molecular complexity index is 875. The van der Waals surface area contributed by atoms with Gasteiger partial charge in [-0.2, -0.15) is 0 Å². The Kier molecular flexibility index (Phi) is 5.95. The van der Waals surface area contributed by atoms with E-state index < -0.39 is 0 Å². The van der Waals surface area contributed by atoms with Crippen molar-refractivity contribution < 1.29 is 14.3 Å². The molecule has 1 amide bonds. The molecule has 1 saturated heterocycles. The molecule has 148 valence electrons. The van der Waals surface area contributed by atoms with Crippen LogP contribution in [-0.4, -0.2) is 37.1 Å². The molecule has 2 aromatic carbocycles. The van der Waals surface area contributed by atoms with E-state index in [1.165, 1.54) is 0 Å². The van der Waals surface area contributed by atoms with Crippen molar-refractivity contribution >= 4 is 29.1 Å². The highest BCUT2D eigenvalue weighted by Crippen LogP contribution is 2.37. The van der Waals surface area contributed by atoms with E-state index in [4.69, 9.17) is 32.7 Å². The molecule has 2 aliphatic heterocycles. The van der Waals surface area contributed by atoms with Crippen molar-refractivity contribution in [3.8, 4) is 11.5 Å². The fourth-order valence-corrected chi connectivity index (χ4v) is 4.23. The van der Waals surface area contributed by atoms with Crippen LogP contribution in [0.5, 0.6) is 11.5 Å². The largest absolute Gasteiger partial charge is 0.486 e. The maximum absolute atomic E-state index is 12.5. The molecule has 1 N–H and O–H groups in total. The molecule has 7 heteroatoms. The number of amides is 1. The molecule has 0 bridgehead atoms. The number of likely N-dealkylation sites (tertiary alicyclic amines) is 1. The van der Waals surface area contributed by atoms with E-state index in [1.807, 2.05) is 18.2 Å². The summed E-state index contributed by atoms with van der Waals surface area (Å²) in [7, 11) is 0. The van der Waals surface area contributed by atoms with Gasteiger partial charge in [-0.3, -0.25) is 9.69 Å². The zero-order chi connectivity index (χ0) is 19.5. The summed E-state index contributed by atoms with van der Waals surface area (Å²) in [4.78, 5) is 14.7. The molecule has 0 aliphatic carbocycles. The number of halogens is 2. The molecule has 2 aromatic rings. The smallest absolute Gasteiger partial charge is 0.234 e. The van der Waals surface area contributed by atoms with E-state index in [-0.39, 0.29) is 11.9 Å². The van der Waals surface area contributed by atoms with Crippen LogP contribution in [0.25, 0.3) is 0 Å². The van der Waals surface area contributed by atoms with Crippen molar-refractivity contribution in [1.29, 1.82) is 0 Å². The summed E-state index contributed by atoms with van der Waals surface area (Å²) in [6, 6.07) is 11.6. The number of nitrogens with one attached hydrogen (secondary N) is 1. The second-order valence-electron chi connectivity index (χ2n) is 7.04. The second kappa shape index (κ2) is 8.60. The zero-order valence-corrected chi connectivity index (χ0v) is 16.9. The topological polar surface area (TPSA) is 50.8 Å². The third kappa shape index (κ3) is 4.37. The summed E-state index contributed by atoms with van der Waals surface area (Å²) < 4.78 is 11.3. The van der Waals surface area contributed by atoms with Crippen LogP contribution in [0.2, 0.25) is 10.0 Å². The Hall–Kier alpha value is -1.95. The van der Waals surface area contributed by atoms with Crippen LogP contribution in [0.3, 0.4) is 0 Å². The van der Waals surface area contributed by atoms with E-state index in [0.717, 1.165) is 42.0 Å². The first-order chi connectivity index (χ1) is 13.6. The molecule has 1 atom stereocenters. The predicted octanol–water partition coefficient (Wildman–Crippen LogP) is 4.22. The van der Waals surface area contributed by atoms with Gasteiger partial charge in [-0.15, -0.1) is 0 Å². The lowest BCUT2D eigenvalue weighted by molar-refractivity contribution is -0.122. The van der Waals surface area contributed by atoms with Crippen molar-refractivity contribution in [2.24, 2.45) is 0 Å². The Labute approximate surface area is 174 Å². The zero-order valence-electron chi connectivity index (χ0n) is 15.4. The molecular weight excluding hydrogens is 399 g/mol. The van der Waals surface area contributed by atoms with Crippen LogP contribution < -0.4 is 14.8 Å². The molecule has 4 rings (SSSR count). The number of hydrogen-bond donors (Lipinski definition) is 1.